The lowest BCUT2D eigenvalue weighted by molar-refractivity contribution is -0.134. The predicted octanol–water partition coefficient (Wildman–Crippen LogP) is 2.68. The van der Waals surface area contributed by atoms with Crippen molar-refractivity contribution in [1.29, 1.82) is 0 Å². The molecule has 1 fully saturated rings. The van der Waals surface area contributed by atoms with Gasteiger partial charge in [0.1, 0.15) is 4.88 Å². The Kier molecular flexibility index (Phi) is 4.55. The summed E-state index contributed by atoms with van der Waals surface area (Å²) in [4.78, 5) is 5.30. The van der Waals surface area contributed by atoms with E-state index in [1.165, 1.54) is 0 Å². The highest BCUT2D eigenvalue weighted by Crippen LogP contribution is 2.34. The molecule has 1 saturated heterocycles. The molecule has 114 valence electrons. The topological polar surface area (TPSA) is 37.4 Å². The van der Waals surface area contributed by atoms with Gasteiger partial charge in [0.25, 0.3) is 0 Å². The number of nitrogens with one attached hydrogen (secondary N) is 1. The highest BCUT2D eigenvalue weighted by Gasteiger charge is 2.33. The van der Waals surface area contributed by atoms with E-state index >= 15 is 0 Å². The Balaban J connectivity index is 1.77. The summed E-state index contributed by atoms with van der Waals surface area (Å²) >= 11 is 0.636. The molecule has 1 aliphatic rings. The van der Waals surface area contributed by atoms with Crippen LogP contribution in [0.25, 0.3) is 0 Å². The molecular formula is C12H18F3N3OS. The summed E-state index contributed by atoms with van der Waals surface area (Å²) < 4.78 is 42.9. The van der Waals surface area contributed by atoms with Crippen LogP contribution in [-0.4, -0.2) is 48.3 Å². The molecule has 0 aromatic carbocycles. The van der Waals surface area contributed by atoms with Crippen LogP contribution in [0.2, 0.25) is 0 Å². The monoisotopic (exact) mass is 309 g/mol. The van der Waals surface area contributed by atoms with Crippen molar-refractivity contribution in [3.05, 3.63) is 11.1 Å². The molecule has 0 aliphatic carbocycles. The van der Waals surface area contributed by atoms with Gasteiger partial charge < -0.3 is 10.1 Å². The number of ether oxygens (including phenoxy) is 1. The molecule has 0 unspecified atom stereocenters. The van der Waals surface area contributed by atoms with E-state index in [4.69, 9.17) is 4.74 Å². The lowest BCUT2D eigenvalue weighted by Crippen LogP contribution is -2.49. The van der Waals surface area contributed by atoms with Crippen molar-refractivity contribution >= 4 is 16.5 Å². The minimum Gasteiger partial charge on any atom is -0.373 e. The van der Waals surface area contributed by atoms with Gasteiger partial charge in [0.05, 0.1) is 18.4 Å². The standard InChI is InChI=1S/C12H18F3N3OS/c1-11(2)8-18(5-6-19-11)4-3-16-10-17-7-9(20-10)12(13,14)15/h7H,3-6,8H2,1-2H3,(H,16,17). The molecule has 1 aliphatic heterocycles. The summed E-state index contributed by atoms with van der Waals surface area (Å²) in [5.41, 5.74) is -0.164. The third-order valence-corrected chi connectivity index (χ3v) is 3.99. The third kappa shape index (κ3) is 4.32. The van der Waals surface area contributed by atoms with E-state index in [1.807, 2.05) is 13.8 Å². The van der Waals surface area contributed by atoms with Crippen LogP contribution < -0.4 is 5.32 Å². The van der Waals surface area contributed by atoms with Crippen LogP contribution in [0.3, 0.4) is 0 Å². The van der Waals surface area contributed by atoms with Crippen LogP contribution >= 0.6 is 11.3 Å². The molecule has 8 heteroatoms. The minimum absolute atomic E-state index is 0.164. The quantitative estimate of drug-likeness (QED) is 0.928. The fourth-order valence-corrected chi connectivity index (χ4v) is 2.82. The van der Waals surface area contributed by atoms with E-state index in [9.17, 15) is 13.2 Å². The molecule has 0 radical (unpaired) electrons. The summed E-state index contributed by atoms with van der Waals surface area (Å²) in [6.07, 6.45) is -3.45. The Hall–Kier alpha value is -0.860. The van der Waals surface area contributed by atoms with Gasteiger partial charge >= 0.3 is 6.18 Å². The molecule has 0 atom stereocenters. The predicted molar refractivity (Wildman–Crippen MR) is 72.1 cm³/mol. The summed E-state index contributed by atoms with van der Waals surface area (Å²) in [6, 6.07) is 0. The van der Waals surface area contributed by atoms with E-state index < -0.39 is 11.1 Å². The summed E-state index contributed by atoms with van der Waals surface area (Å²) in [5, 5.41) is 3.25. The average molecular weight is 309 g/mol. The van der Waals surface area contributed by atoms with E-state index in [-0.39, 0.29) is 5.60 Å². The molecule has 1 aromatic heterocycles. The van der Waals surface area contributed by atoms with Gasteiger partial charge in [-0.05, 0) is 13.8 Å². The first-order valence-corrected chi connectivity index (χ1v) is 7.21. The fourth-order valence-electron chi connectivity index (χ4n) is 2.11. The van der Waals surface area contributed by atoms with Gasteiger partial charge in [-0.2, -0.15) is 13.2 Å². The Morgan fingerprint density at radius 1 is 1.50 bits per heavy atom. The summed E-state index contributed by atoms with van der Waals surface area (Å²) in [5.74, 6) is 0. The molecule has 2 heterocycles. The van der Waals surface area contributed by atoms with Gasteiger partial charge in [0.2, 0.25) is 0 Å². The Bertz CT molecular complexity index is 447. The Labute approximate surface area is 119 Å². The first-order chi connectivity index (χ1) is 9.26. The Morgan fingerprint density at radius 3 is 2.85 bits per heavy atom. The zero-order valence-electron chi connectivity index (χ0n) is 11.5. The molecule has 2 rings (SSSR count). The molecule has 1 aromatic rings. The second kappa shape index (κ2) is 5.87. The maximum atomic E-state index is 12.4. The molecule has 0 amide bonds. The van der Waals surface area contributed by atoms with Crippen molar-refractivity contribution < 1.29 is 17.9 Å². The number of rotatable bonds is 4. The van der Waals surface area contributed by atoms with Crippen molar-refractivity contribution in [3.63, 3.8) is 0 Å². The number of anilines is 1. The Morgan fingerprint density at radius 2 is 2.25 bits per heavy atom. The van der Waals surface area contributed by atoms with E-state index in [0.717, 1.165) is 25.8 Å². The van der Waals surface area contributed by atoms with Crippen molar-refractivity contribution in [3.8, 4) is 0 Å². The second-order valence-corrected chi connectivity index (χ2v) is 6.37. The van der Waals surface area contributed by atoms with Crippen LogP contribution in [0.4, 0.5) is 18.3 Å². The zero-order chi connectivity index (χ0) is 14.8. The van der Waals surface area contributed by atoms with Crippen LogP contribution in [0.15, 0.2) is 6.20 Å². The number of morpholine rings is 1. The van der Waals surface area contributed by atoms with Gasteiger partial charge in [0, 0.05) is 26.2 Å². The SMILES string of the molecule is CC1(C)CN(CCNc2ncc(C(F)(F)F)s2)CCO1. The van der Waals surface area contributed by atoms with Crippen LogP contribution in [-0.2, 0) is 10.9 Å². The highest BCUT2D eigenvalue weighted by molar-refractivity contribution is 7.15. The summed E-state index contributed by atoms with van der Waals surface area (Å²) in [7, 11) is 0. The first-order valence-electron chi connectivity index (χ1n) is 6.39. The number of aromatic nitrogens is 1. The van der Waals surface area contributed by atoms with E-state index in [1.54, 1.807) is 0 Å². The van der Waals surface area contributed by atoms with Gasteiger partial charge in [0.15, 0.2) is 5.13 Å². The fraction of sp³-hybridized carbons (Fsp3) is 0.750. The van der Waals surface area contributed by atoms with Crippen molar-refractivity contribution in [2.75, 3.05) is 38.1 Å². The van der Waals surface area contributed by atoms with E-state index in [0.29, 0.717) is 29.6 Å². The number of hydrogen-bond acceptors (Lipinski definition) is 5. The maximum Gasteiger partial charge on any atom is 0.427 e. The number of hydrogen-bond donors (Lipinski definition) is 1. The molecule has 0 saturated carbocycles. The molecule has 0 bridgehead atoms. The molecular weight excluding hydrogens is 291 g/mol. The summed E-state index contributed by atoms with van der Waals surface area (Å²) in [6.45, 7) is 7.74. The van der Waals surface area contributed by atoms with Gasteiger partial charge in [-0.1, -0.05) is 11.3 Å². The number of halogens is 3. The van der Waals surface area contributed by atoms with Gasteiger partial charge in [-0.3, -0.25) is 4.90 Å². The van der Waals surface area contributed by atoms with Crippen LogP contribution in [0, 0.1) is 0 Å². The van der Waals surface area contributed by atoms with Crippen LogP contribution in [0.5, 0.6) is 0 Å². The largest absolute Gasteiger partial charge is 0.427 e. The molecule has 20 heavy (non-hydrogen) atoms. The van der Waals surface area contributed by atoms with Gasteiger partial charge in [-0.15, -0.1) is 0 Å². The molecule has 4 nitrogen and oxygen atoms in total. The zero-order valence-corrected chi connectivity index (χ0v) is 12.3. The average Bonchev–Trinajstić information content (AvgIpc) is 2.76. The van der Waals surface area contributed by atoms with Crippen molar-refractivity contribution in [1.82, 2.24) is 9.88 Å². The number of nitrogens with zero attached hydrogens (tertiary/aromatic N) is 2. The molecule has 1 N–H and O–H groups in total. The first kappa shape index (κ1) is 15.5. The lowest BCUT2D eigenvalue weighted by atomic mass is 10.1. The maximum absolute atomic E-state index is 12.4. The molecule has 0 spiro atoms. The number of thiazole rings is 1. The second-order valence-electron chi connectivity index (χ2n) is 5.34. The van der Waals surface area contributed by atoms with Gasteiger partial charge in [-0.25, -0.2) is 4.98 Å². The number of alkyl halides is 3. The smallest absolute Gasteiger partial charge is 0.373 e. The highest BCUT2D eigenvalue weighted by atomic mass is 32.1. The van der Waals surface area contributed by atoms with Crippen molar-refractivity contribution in [2.45, 2.75) is 25.6 Å². The van der Waals surface area contributed by atoms with Crippen LogP contribution in [0.1, 0.15) is 18.7 Å². The minimum atomic E-state index is -4.31. The normalized spacial score (nSPS) is 20.1. The van der Waals surface area contributed by atoms with Crippen molar-refractivity contribution in [2.24, 2.45) is 0 Å². The lowest BCUT2D eigenvalue weighted by Gasteiger charge is -2.38. The third-order valence-electron chi connectivity index (χ3n) is 2.99. The van der Waals surface area contributed by atoms with E-state index in [2.05, 4.69) is 15.2 Å².